The van der Waals surface area contributed by atoms with Gasteiger partial charge in [0.15, 0.2) is 5.82 Å². The number of nitrogens with zero attached hydrogens (tertiary/aromatic N) is 4. The third-order valence-electron chi connectivity index (χ3n) is 2.60. The maximum atomic E-state index is 4.32. The van der Waals surface area contributed by atoms with E-state index in [9.17, 15) is 0 Å². The van der Waals surface area contributed by atoms with E-state index in [2.05, 4.69) is 15.1 Å². The van der Waals surface area contributed by atoms with Gasteiger partial charge in [-0.15, -0.1) is 0 Å². The molecule has 3 aromatic rings. The number of aromatic nitrogens is 4. The van der Waals surface area contributed by atoms with Crippen LogP contribution in [0.4, 0.5) is 0 Å². The van der Waals surface area contributed by atoms with E-state index in [-0.39, 0.29) is 0 Å². The van der Waals surface area contributed by atoms with E-state index in [0.29, 0.717) is 0 Å². The topological polar surface area (TPSA) is 43.6 Å². The van der Waals surface area contributed by atoms with Gasteiger partial charge in [0.2, 0.25) is 0 Å². The molecule has 0 fully saturated rings. The molecule has 2 heterocycles. The second-order valence-corrected chi connectivity index (χ2v) is 3.58. The fraction of sp³-hybridized carbons (Fsp3) is 0.0833. The summed E-state index contributed by atoms with van der Waals surface area (Å²) < 4.78 is 1.77. The highest BCUT2D eigenvalue weighted by molar-refractivity contribution is 5.92. The third-order valence-corrected chi connectivity index (χ3v) is 2.60. The quantitative estimate of drug-likeness (QED) is 0.617. The maximum Gasteiger partial charge on any atom is 0.158 e. The van der Waals surface area contributed by atoms with Crippen LogP contribution in [-0.2, 0) is 7.05 Å². The predicted molar refractivity (Wildman–Crippen MR) is 61.7 cm³/mol. The van der Waals surface area contributed by atoms with Gasteiger partial charge in [-0.1, -0.05) is 18.2 Å². The Balaban J connectivity index is 2.36. The molecule has 78 valence electrons. The Labute approximate surface area is 92.6 Å². The Morgan fingerprint density at radius 3 is 2.81 bits per heavy atom. The Hall–Kier alpha value is -2.23. The first-order valence-electron chi connectivity index (χ1n) is 5.04. The molecule has 4 heteroatoms. The van der Waals surface area contributed by atoms with Gasteiger partial charge in [0, 0.05) is 24.2 Å². The highest BCUT2D eigenvalue weighted by Gasteiger charge is 2.08. The van der Waals surface area contributed by atoms with E-state index in [1.54, 1.807) is 17.2 Å². The van der Waals surface area contributed by atoms with Gasteiger partial charge in [0.05, 0.1) is 5.52 Å². The van der Waals surface area contributed by atoms with Crippen LogP contribution >= 0.6 is 0 Å². The normalized spacial score (nSPS) is 10.8. The predicted octanol–water partition coefficient (Wildman–Crippen LogP) is 2.03. The third kappa shape index (κ3) is 1.27. The van der Waals surface area contributed by atoms with E-state index in [0.717, 1.165) is 22.3 Å². The fourth-order valence-electron chi connectivity index (χ4n) is 1.84. The lowest BCUT2D eigenvalue weighted by Crippen LogP contribution is -1.95. The monoisotopic (exact) mass is 210 g/mol. The van der Waals surface area contributed by atoms with Gasteiger partial charge in [-0.05, 0) is 12.1 Å². The van der Waals surface area contributed by atoms with Crippen molar-refractivity contribution in [3.8, 4) is 11.4 Å². The van der Waals surface area contributed by atoms with E-state index in [1.807, 2.05) is 37.4 Å². The molecule has 2 aromatic heterocycles. The minimum atomic E-state index is 0.860. The number of hydrogen-bond acceptors (Lipinski definition) is 3. The zero-order chi connectivity index (χ0) is 11.0. The molecule has 0 aliphatic heterocycles. The molecular formula is C12H10N4. The number of benzene rings is 1. The van der Waals surface area contributed by atoms with Crippen LogP contribution in [0.15, 0.2) is 42.9 Å². The van der Waals surface area contributed by atoms with Gasteiger partial charge in [0.1, 0.15) is 6.33 Å². The summed E-state index contributed by atoms with van der Waals surface area (Å²) >= 11 is 0. The molecule has 0 radical (unpaired) electrons. The first-order chi connectivity index (χ1) is 7.86. The lowest BCUT2D eigenvalue weighted by atomic mass is 10.1. The average Bonchev–Trinajstić information content (AvgIpc) is 2.75. The smallest absolute Gasteiger partial charge is 0.158 e. The molecule has 0 spiro atoms. The van der Waals surface area contributed by atoms with Crippen LogP contribution in [0.3, 0.4) is 0 Å². The first kappa shape index (κ1) is 9.03. The Kier molecular flexibility index (Phi) is 1.93. The number of rotatable bonds is 1. The average molecular weight is 210 g/mol. The van der Waals surface area contributed by atoms with Crippen LogP contribution < -0.4 is 0 Å². The number of pyridine rings is 1. The molecule has 3 rings (SSSR count). The van der Waals surface area contributed by atoms with Gasteiger partial charge in [0.25, 0.3) is 0 Å². The van der Waals surface area contributed by atoms with Gasteiger partial charge < -0.3 is 0 Å². The van der Waals surface area contributed by atoms with Crippen molar-refractivity contribution >= 4 is 10.9 Å². The summed E-state index contributed by atoms with van der Waals surface area (Å²) in [6.07, 6.45) is 3.35. The summed E-state index contributed by atoms with van der Waals surface area (Å²) in [4.78, 5) is 8.58. The summed E-state index contributed by atoms with van der Waals surface area (Å²) in [6, 6.07) is 10.00. The van der Waals surface area contributed by atoms with Crippen molar-refractivity contribution in [2.75, 3.05) is 0 Å². The molecule has 0 unspecified atom stereocenters. The Morgan fingerprint density at radius 2 is 2.00 bits per heavy atom. The van der Waals surface area contributed by atoms with Crippen molar-refractivity contribution in [3.63, 3.8) is 0 Å². The van der Waals surface area contributed by atoms with Crippen molar-refractivity contribution in [2.24, 2.45) is 7.05 Å². The number of fused-ring (bicyclic) bond motifs is 1. The molecule has 1 aromatic carbocycles. The Bertz CT molecular complexity index is 637. The summed E-state index contributed by atoms with van der Waals surface area (Å²) in [5.74, 6) is 0.860. The summed E-state index contributed by atoms with van der Waals surface area (Å²) in [7, 11) is 1.89. The molecule has 0 N–H and O–H groups in total. The fourth-order valence-corrected chi connectivity index (χ4v) is 1.84. The van der Waals surface area contributed by atoms with Crippen LogP contribution in [0.1, 0.15) is 0 Å². The van der Waals surface area contributed by atoms with E-state index in [1.165, 1.54) is 0 Å². The Morgan fingerprint density at radius 1 is 1.06 bits per heavy atom. The molecular weight excluding hydrogens is 200 g/mol. The SMILES string of the molecule is Cn1ncnc1-c1cccc2ncccc12. The van der Waals surface area contributed by atoms with Crippen molar-refractivity contribution < 1.29 is 0 Å². The highest BCUT2D eigenvalue weighted by Crippen LogP contribution is 2.24. The van der Waals surface area contributed by atoms with Gasteiger partial charge >= 0.3 is 0 Å². The minimum Gasteiger partial charge on any atom is -0.256 e. The van der Waals surface area contributed by atoms with Crippen molar-refractivity contribution in [1.29, 1.82) is 0 Å². The lowest BCUT2D eigenvalue weighted by molar-refractivity contribution is 0.775. The summed E-state index contributed by atoms with van der Waals surface area (Å²) in [5, 5.41) is 5.18. The van der Waals surface area contributed by atoms with Crippen molar-refractivity contribution in [3.05, 3.63) is 42.9 Å². The molecule has 0 saturated heterocycles. The zero-order valence-electron chi connectivity index (χ0n) is 8.83. The van der Waals surface area contributed by atoms with Crippen molar-refractivity contribution in [2.45, 2.75) is 0 Å². The van der Waals surface area contributed by atoms with E-state index < -0.39 is 0 Å². The maximum absolute atomic E-state index is 4.32. The van der Waals surface area contributed by atoms with Crippen LogP contribution in [0.2, 0.25) is 0 Å². The summed E-state index contributed by atoms with van der Waals surface area (Å²) in [5.41, 5.74) is 2.04. The van der Waals surface area contributed by atoms with Gasteiger partial charge in [-0.2, -0.15) is 5.10 Å². The second-order valence-electron chi connectivity index (χ2n) is 3.58. The molecule has 0 aliphatic carbocycles. The minimum absolute atomic E-state index is 0.860. The lowest BCUT2D eigenvalue weighted by Gasteiger charge is -2.04. The first-order valence-corrected chi connectivity index (χ1v) is 5.04. The molecule has 4 nitrogen and oxygen atoms in total. The second kappa shape index (κ2) is 3.41. The van der Waals surface area contributed by atoms with Gasteiger partial charge in [-0.3, -0.25) is 4.98 Å². The number of hydrogen-bond donors (Lipinski definition) is 0. The molecule has 0 bridgehead atoms. The van der Waals surface area contributed by atoms with E-state index >= 15 is 0 Å². The van der Waals surface area contributed by atoms with E-state index in [4.69, 9.17) is 0 Å². The summed E-state index contributed by atoms with van der Waals surface area (Å²) in [6.45, 7) is 0. The molecule has 0 atom stereocenters. The molecule has 0 amide bonds. The van der Waals surface area contributed by atoms with Crippen LogP contribution in [0.5, 0.6) is 0 Å². The largest absolute Gasteiger partial charge is 0.256 e. The van der Waals surface area contributed by atoms with Crippen LogP contribution in [0, 0.1) is 0 Å². The highest BCUT2D eigenvalue weighted by atomic mass is 15.3. The van der Waals surface area contributed by atoms with Crippen LogP contribution in [0.25, 0.3) is 22.3 Å². The zero-order valence-corrected chi connectivity index (χ0v) is 8.83. The van der Waals surface area contributed by atoms with Crippen LogP contribution in [-0.4, -0.2) is 19.7 Å². The number of aryl methyl sites for hydroxylation is 1. The molecule has 16 heavy (non-hydrogen) atoms. The van der Waals surface area contributed by atoms with Gasteiger partial charge in [-0.25, -0.2) is 9.67 Å². The standard InChI is InChI=1S/C12H10N4/c1-16-12(14-8-15-16)10-4-2-6-11-9(10)5-3-7-13-11/h2-8H,1H3. The molecule has 0 aliphatic rings. The van der Waals surface area contributed by atoms with Crippen molar-refractivity contribution in [1.82, 2.24) is 19.7 Å². The molecule has 0 saturated carbocycles.